The average molecular weight is 471 g/mol. The molecule has 2 aromatic heterocycles. The van der Waals surface area contributed by atoms with Gasteiger partial charge in [-0.15, -0.1) is 0 Å². The molecule has 3 aromatic rings. The molecule has 2 heterocycles. The number of ether oxygens (including phenoxy) is 1. The molecular weight excluding hydrogens is 456 g/mol. The maximum atomic E-state index is 12.6. The number of nitrogens with zero attached hydrogens (tertiary/aromatic N) is 2. The SMILES string of the molecule is Nc1ncc(C(=O)NCc2ccc(C(F)(F)F)nc2)cc1OCc1c(Cl)cccc1Cl. The van der Waals surface area contributed by atoms with Gasteiger partial charge in [0, 0.05) is 34.5 Å². The Morgan fingerprint density at radius 1 is 1.10 bits per heavy atom. The molecule has 1 amide bonds. The zero-order chi connectivity index (χ0) is 22.6. The number of hydrogen-bond acceptors (Lipinski definition) is 5. The number of pyridine rings is 2. The summed E-state index contributed by atoms with van der Waals surface area (Å²) in [4.78, 5) is 19.7. The fraction of sp³-hybridized carbons (Fsp3) is 0.150. The second-order valence-corrected chi connectivity index (χ2v) is 7.14. The van der Waals surface area contributed by atoms with Gasteiger partial charge in [0.15, 0.2) is 11.6 Å². The van der Waals surface area contributed by atoms with E-state index >= 15 is 0 Å². The quantitative estimate of drug-likeness (QED) is 0.534. The lowest BCUT2D eigenvalue weighted by Crippen LogP contribution is -2.23. The predicted molar refractivity (Wildman–Crippen MR) is 110 cm³/mol. The molecule has 0 unspecified atom stereocenters. The number of alkyl halides is 3. The normalized spacial score (nSPS) is 11.3. The number of halogens is 5. The number of carbonyl (C=O) groups excluding carboxylic acids is 1. The second-order valence-electron chi connectivity index (χ2n) is 6.33. The van der Waals surface area contributed by atoms with Crippen molar-refractivity contribution >= 4 is 34.9 Å². The van der Waals surface area contributed by atoms with Crippen LogP contribution in [-0.2, 0) is 19.3 Å². The van der Waals surface area contributed by atoms with Crippen LogP contribution in [0.25, 0.3) is 0 Å². The van der Waals surface area contributed by atoms with Crippen molar-refractivity contribution in [3.05, 3.63) is 81.2 Å². The number of nitrogen functional groups attached to an aromatic ring is 1. The first kappa shape index (κ1) is 22.6. The lowest BCUT2D eigenvalue weighted by molar-refractivity contribution is -0.141. The molecule has 0 saturated heterocycles. The van der Waals surface area contributed by atoms with Gasteiger partial charge in [-0.1, -0.05) is 35.3 Å². The van der Waals surface area contributed by atoms with E-state index in [-0.39, 0.29) is 30.3 Å². The Balaban J connectivity index is 1.65. The Morgan fingerprint density at radius 3 is 2.42 bits per heavy atom. The topological polar surface area (TPSA) is 90.1 Å². The van der Waals surface area contributed by atoms with Crippen molar-refractivity contribution in [3.63, 3.8) is 0 Å². The molecule has 0 saturated carbocycles. The van der Waals surface area contributed by atoms with Crippen LogP contribution in [0, 0.1) is 0 Å². The predicted octanol–water partition coefficient (Wildman–Crippen LogP) is 4.89. The molecule has 1 aromatic carbocycles. The maximum Gasteiger partial charge on any atom is 0.433 e. The molecule has 11 heteroatoms. The van der Waals surface area contributed by atoms with E-state index in [0.717, 1.165) is 12.3 Å². The van der Waals surface area contributed by atoms with E-state index in [9.17, 15) is 18.0 Å². The summed E-state index contributed by atoms with van der Waals surface area (Å²) in [7, 11) is 0. The lowest BCUT2D eigenvalue weighted by Gasteiger charge is -2.12. The zero-order valence-electron chi connectivity index (χ0n) is 15.7. The largest absolute Gasteiger partial charge is 0.485 e. The van der Waals surface area contributed by atoms with Crippen molar-refractivity contribution in [1.29, 1.82) is 0 Å². The first-order valence-electron chi connectivity index (χ1n) is 8.76. The molecule has 3 N–H and O–H groups in total. The third-order valence-corrected chi connectivity index (χ3v) is 4.85. The van der Waals surface area contributed by atoms with E-state index in [1.54, 1.807) is 18.2 Å². The van der Waals surface area contributed by atoms with Crippen molar-refractivity contribution < 1.29 is 22.7 Å². The summed E-state index contributed by atoms with van der Waals surface area (Å²) in [5.41, 5.74) is 5.90. The Bertz CT molecular complexity index is 1070. The summed E-state index contributed by atoms with van der Waals surface area (Å²) in [6.07, 6.45) is -2.22. The molecule has 162 valence electrons. The smallest absolute Gasteiger partial charge is 0.433 e. The van der Waals surface area contributed by atoms with Crippen LogP contribution >= 0.6 is 23.2 Å². The molecule has 0 aliphatic carbocycles. The number of nitrogens with two attached hydrogens (primary N) is 1. The average Bonchev–Trinajstić information content (AvgIpc) is 2.72. The van der Waals surface area contributed by atoms with Gasteiger partial charge in [0.1, 0.15) is 12.3 Å². The highest BCUT2D eigenvalue weighted by Crippen LogP contribution is 2.28. The second kappa shape index (κ2) is 9.40. The van der Waals surface area contributed by atoms with Crippen LogP contribution < -0.4 is 15.8 Å². The number of carbonyl (C=O) groups is 1. The van der Waals surface area contributed by atoms with Crippen molar-refractivity contribution in [1.82, 2.24) is 15.3 Å². The fourth-order valence-electron chi connectivity index (χ4n) is 2.50. The van der Waals surface area contributed by atoms with E-state index in [2.05, 4.69) is 15.3 Å². The Morgan fingerprint density at radius 2 is 1.81 bits per heavy atom. The van der Waals surface area contributed by atoms with E-state index < -0.39 is 17.8 Å². The molecule has 0 atom stereocenters. The summed E-state index contributed by atoms with van der Waals surface area (Å²) in [5, 5.41) is 3.40. The number of rotatable bonds is 6. The number of benzene rings is 1. The van der Waals surface area contributed by atoms with Gasteiger partial charge >= 0.3 is 6.18 Å². The minimum absolute atomic E-state index is 0.00663. The Hall–Kier alpha value is -3.04. The van der Waals surface area contributed by atoms with Crippen LogP contribution in [0.2, 0.25) is 10.0 Å². The molecule has 0 aliphatic heterocycles. The summed E-state index contributed by atoms with van der Waals surface area (Å²) < 4.78 is 43.3. The number of amides is 1. The molecule has 31 heavy (non-hydrogen) atoms. The first-order valence-corrected chi connectivity index (χ1v) is 9.52. The van der Waals surface area contributed by atoms with E-state index in [4.69, 9.17) is 33.7 Å². The summed E-state index contributed by atoms with van der Waals surface area (Å²) in [5.74, 6) is -0.306. The van der Waals surface area contributed by atoms with Gasteiger partial charge in [0.2, 0.25) is 0 Å². The lowest BCUT2D eigenvalue weighted by atomic mass is 10.2. The Labute approximate surface area is 185 Å². The third kappa shape index (κ3) is 5.77. The molecule has 3 rings (SSSR count). The highest BCUT2D eigenvalue weighted by Gasteiger charge is 2.32. The fourth-order valence-corrected chi connectivity index (χ4v) is 3.00. The minimum Gasteiger partial charge on any atom is -0.485 e. The van der Waals surface area contributed by atoms with Gasteiger partial charge in [0.25, 0.3) is 5.91 Å². The molecule has 0 bridgehead atoms. The van der Waals surface area contributed by atoms with Crippen molar-refractivity contribution in [2.24, 2.45) is 0 Å². The van der Waals surface area contributed by atoms with Crippen LogP contribution in [-0.4, -0.2) is 15.9 Å². The summed E-state index contributed by atoms with van der Waals surface area (Å²) in [6.45, 7) is -0.0214. The van der Waals surface area contributed by atoms with Gasteiger partial charge in [-0.3, -0.25) is 9.78 Å². The van der Waals surface area contributed by atoms with Gasteiger partial charge in [-0.2, -0.15) is 13.2 Å². The van der Waals surface area contributed by atoms with Gasteiger partial charge in [-0.25, -0.2) is 4.98 Å². The number of anilines is 1. The Kier molecular flexibility index (Phi) is 6.87. The van der Waals surface area contributed by atoms with Crippen molar-refractivity contribution in [3.8, 4) is 5.75 Å². The zero-order valence-corrected chi connectivity index (χ0v) is 17.2. The molecule has 0 spiro atoms. The minimum atomic E-state index is -4.53. The van der Waals surface area contributed by atoms with Crippen LogP contribution in [0.15, 0.2) is 48.8 Å². The van der Waals surface area contributed by atoms with Gasteiger partial charge in [-0.05, 0) is 29.8 Å². The van der Waals surface area contributed by atoms with Crippen molar-refractivity contribution in [2.45, 2.75) is 19.3 Å². The standard InChI is InChI=1S/C20H15Cl2F3N4O2/c21-14-2-1-3-15(22)13(14)10-31-16-6-12(9-28-18(16)26)19(30)29-8-11-4-5-17(27-7-11)20(23,24)25/h1-7,9H,8,10H2,(H2,26,28)(H,29,30). The molecule has 0 radical (unpaired) electrons. The van der Waals surface area contributed by atoms with E-state index in [1.807, 2.05) is 0 Å². The molecule has 0 aliphatic rings. The van der Waals surface area contributed by atoms with Crippen molar-refractivity contribution in [2.75, 3.05) is 5.73 Å². The summed E-state index contributed by atoms with van der Waals surface area (Å²) in [6, 6.07) is 8.49. The molecule has 0 fully saturated rings. The maximum absolute atomic E-state index is 12.6. The summed E-state index contributed by atoms with van der Waals surface area (Å²) >= 11 is 12.2. The van der Waals surface area contributed by atoms with E-state index in [1.165, 1.54) is 18.3 Å². The monoisotopic (exact) mass is 470 g/mol. The highest BCUT2D eigenvalue weighted by molar-refractivity contribution is 6.35. The highest BCUT2D eigenvalue weighted by atomic mass is 35.5. The number of aromatic nitrogens is 2. The van der Waals surface area contributed by atoms with Gasteiger partial charge < -0.3 is 15.8 Å². The molecular formula is C20H15Cl2F3N4O2. The molecule has 6 nitrogen and oxygen atoms in total. The van der Waals surface area contributed by atoms with Crippen LogP contribution in [0.5, 0.6) is 5.75 Å². The third-order valence-electron chi connectivity index (χ3n) is 4.15. The number of nitrogens with one attached hydrogen (secondary N) is 1. The van der Waals surface area contributed by atoms with Gasteiger partial charge in [0.05, 0.1) is 5.56 Å². The first-order chi connectivity index (χ1) is 14.6. The van der Waals surface area contributed by atoms with Crippen LogP contribution in [0.1, 0.15) is 27.2 Å². The van der Waals surface area contributed by atoms with E-state index in [0.29, 0.717) is 21.2 Å². The van der Waals surface area contributed by atoms with Crippen LogP contribution in [0.4, 0.5) is 19.0 Å². The van der Waals surface area contributed by atoms with Crippen LogP contribution in [0.3, 0.4) is 0 Å². The number of hydrogen-bond donors (Lipinski definition) is 2.